The van der Waals surface area contributed by atoms with E-state index in [1.165, 1.54) is 30.7 Å². The number of carbonyl (C=O) groups excluding carboxylic acids is 1. The van der Waals surface area contributed by atoms with Crippen molar-refractivity contribution in [1.29, 1.82) is 0 Å². The minimum absolute atomic E-state index is 0.0182. The van der Waals surface area contributed by atoms with Crippen LogP contribution >= 0.6 is 0 Å². The molecule has 2 atom stereocenters. The molecule has 2 unspecified atom stereocenters. The van der Waals surface area contributed by atoms with E-state index in [-0.39, 0.29) is 29.0 Å². The van der Waals surface area contributed by atoms with Gasteiger partial charge in [0.05, 0.1) is 4.92 Å². The fourth-order valence-corrected chi connectivity index (χ4v) is 4.07. The summed E-state index contributed by atoms with van der Waals surface area (Å²) in [6, 6.07) is 5.62. The van der Waals surface area contributed by atoms with E-state index in [4.69, 9.17) is 4.74 Å². The van der Waals surface area contributed by atoms with Gasteiger partial charge in [-0.3, -0.25) is 14.9 Å². The molecule has 1 amide bonds. The van der Waals surface area contributed by atoms with Crippen molar-refractivity contribution in [2.24, 2.45) is 21.8 Å². The lowest BCUT2D eigenvalue weighted by atomic mass is 9.70. The second kappa shape index (κ2) is 6.13. The van der Waals surface area contributed by atoms with Gasteiger partial charge in [-0.2, -0.15) is 5.10 Å². The number of nitro benzene ring substituents is 1. The number of hydrazone groups is 1. The number of nitro groups is 1. The summed E-state index contributed by atoms with van der Waals surface area (Å²) in [6.45, 7) is 6.62. The van der Waals surface area contributed by atoms with Crippen LogP contribution in [0.2, 0.25) is 0 Å². The summed E-state index contributed by atoms with van der Waals surface area (Å²) in [7, 11) is 0. The summed E-state index contributed by atoms with van der Waals surface area (Å²) >= 11 is 0. The highest BCUT2D eigenvalue weighted by Gasteiger charge is 2.59. The van der Waals surface area contributed by atoms with Crippen molar-refractivity contribution in [3.8, 4) is 5.75 Å². The minimum Gasteiger partial charge on any atom is -0.484 e. The lowest BCUT2D eigenvalue weighted by Crippen LogP contribution is -2.35. The molecular formula is C18H23N3O4. The third-order valence-corrected chi connectivity index (χ3v) is 6.25. The van der Waals surface area contributed by atoms with Crippen LogP contribution in [0.3, 0.4) is 0 Å². The Kier molecular flexibility index (Phi) is 4.26. The number of ether oxygens (including phenoxy) is 1. The highest BCUT2D eigenvalue weighted by atomic mass is 16.6. The Labute approximate surface area is 146 Å². The molecule has 1 aromatic carbocycles. The van der Waals surface area contributed by atoms with E-state index in [2.05, 4.69) is 31.3 Å². The van der Waals surface area contributed by atoms with Crippen LogP contribution < -0.4 is 10.2 Å². The fourth-order valence-electron chi connectivity index (χ4n) is 4.07. The van der Waals surface area contributed by atoms with E-state index in [9.17, 15) is 14.9 Å². The molecular weight excluding hydrogens is 322 g/mol. The Morgan fingerprint density at radius 2 is 2.04 bits per heavy atom. The lowest BCUT2D eigenvalue weighted by molar-refractivity contribution is -0.384. The number of carbonyl (C=O) groups is 1. The maximum Gasteiger partial charge on any atom is 0.277 e. The molecule has 0 aliphatic heterocycles. The number of amides is 1. The molecule has 0 heterocycles. The zero-order chi connectivity index (χ0) is 18.2. The first-order valence-electron chi connectivity index (χ1n) is 8.47. The first kappa shape index (κ1) is 17.4. The Balaban J connectivity index is 1.54. The van der Waals surface area contributed by atoms with Gasteiger partial charge < -0.3 is 4.74 Å². The molecule has 134 valence electrons. The van der Waals surface area contributed by atoms with Gasteiger partial charge in [0.2, 0.25) is 0 Å². The summed E-state index contributed by atoms with van der Waals surface area (Å²) in [4.78, 5) is 22.1. The summed E-state index contributed by atoms with van der Waals surface area (Å²) in [5.74, 6) is 0.695. The number of rotatable bonds is 5. The molecule has 2 bridgehead atoms. The van der Waals surface area contributed by atoms with Crippen LogP contribution in [-0.2, 0) is 4.79 Å². The van der Waals surface area contributed by atoms with Crippen molar-refractivity contribution in [3.05, 3.63) is 34.4 Å². The van der Waals surface area contributed by atoms with Gasteiger partial charge in [-0.15, -0.1) is 0 Å². The van der Waals surface area contributed by atoms with Crippen molar-refractivity contribution in [1.82, 2.24) is 5.43 Å². The first-order chi connectivity index (χ1) is 11.7. The van der Waals surface area contributed by atoms with Crippen LogP contribution in [0.4, 0.5) is 5.69 Å². The minimum atomic E-state index is -0.482. The van der Waals surface area contributed by atoms with Crippen molar-refractivity contribution in [3.63, 3.8) is 0 Å². The van der Waals surface area contributed by atoms with Crippen LogP contribution in [0.15, 0.2) is 29.4 Å². The molecule has 0 saturated heterocycles. The lowest BCUT2D eigenvalue weighted by Gasteiger charge is -2.34. The smallest absolute Gasteiger partial charge is 0.277 e. The molecule has 3 rings (SSSR count). The molecule has 7 heteroatoms. The molecule has 0 aromatic heterocycles. The Morgan fingerprint density at radius 1 is 1.36 bits per heavy atom. The molecule has 0 radical (unpaired) electrons. The molecule has 0 spiro atoms. The van der Waals surface area contributed by atoms with Crippen molar-refractivity contribution in [2.45, 2.75) is 40.0 Å². The number of fused-ring (bicyclic) bond motifs is 2. The molecule has 1 aromatic rings. The van der Waals surface area contributed by atoms with E-state index in [1.807, 2.05) is 0 Å². The summed E-state index contributed by atoms with van der Waals surface area (Å²) < 4.78 is 5.34. The predicted molar refractivity (Wildman–Crippen MR) is 93.4 cm³/mol. The number of nitrogens with one attached hydrogen (secondary N) is 1. The van der Waals surface area contributed by atoms with Gasteiger partial charge >= 0.3 is 0 Å². The molecule has 1 N–H and O–H groups in total. The molecule has 25 heavy (non-hydrogen) atoms. The van der Waals surface area contributed by atoms with Crippen LogP contribution in [0.5, 0.6) is 5.75 Å². The Morgan fingerprint density at radius 3 is 2.56 bits per heavy atom. The maximum atomic E-state index is 12.0. The van der Waals surface area contributed by atoms with Gasteiger partial charge in [0, 0.05) is 23.3 Å². The van der Waals surface area contributed by atoms with Gasteiger partial charge in [-0.05, 0) is 42.7 Å². The van der Waals surface area contributed by atoms with Crippen molar-refractivity contribution in [2.75, 3.05) is 6.61 Å². The highest BCUT2D eigenvalue weighted by molar-refractivity contribution is 5.95. The van der Waals surface area contributed by atoms with Crippen LogP contribution in [0.1, 0.15) is 40.0 Å². The van der Waals surface area contributed by atoms with Crippen molar-refractivity contribution < 1.29 is 14.5 Å². The molecule has 2 fully saturated rings. The van der Waals surface area contributed by atoms with Crippen molar-refractivity contribution >= 4 is 17.3 Å². The summed E-state index contributed by atoms with van der Waals surface area (Å²) in [6.07, 6.45) is 3.27. The average Bonchev–Trinajstić information content (AvgIpc) is 2.91. The molecule has 2 saturated carbocycles. The Hall–Kier alpha value is -2.44. The fraction of sp³-hybridized carbons (Fsp3) is 0.556. The first-order valence-corrected chi connectivity index (χ1v) is 8.47. The topological polar surface area (TPSA) is 93.8 Å². The largest absolute Gasteiger partial charge is 0.484 e. The zero-order valence-corrected chi connectivity index (χ0v) is 14.7. The number of hydrogen-bond acceptors (Lipinski definition) is 5. The second-order valence-corrected chi connectivity index (χ2v) is 7.63. The van der Waals surface area contributed by atoms with Gasteiger partial charge in [0.1, 0.15) is 5.75 Å². The Bertz CT molecular complexity index is 726. The van der Waals surface area contributed by atoms with E-state index < -0.39 is 4.92 Å². The highest BCUT2D eigenvalue weighted by Crippen LogP contribution is 2.63. The maximum absolute atomic E-state index is 12.0. The standard InChI is InChI=1S/C18H23N3O4/c1-17(2)12-8-9-18(17,3)15(10-12)19-20-16(22)11-25-14-6-4-13(5-7-14)21(23)24/h4-7,12H,8-11H2,1-3H3,(H,20,22)/b19-15+. The third kappa shape index (κ3) is 2.99. The molecule has 7 nitrogen and oxygen atoms in total. The van der Waals surface area contributed by atoms with Gasteiger partial charge in [0.25, 0.3) is 11.6 Å². The van der Waals surface area contributed by atoms with E-state index in [1.54, 1.807) is 0 Å². The van der Waals surface area contributed by atoms with E-state index in [0.717, 1.165) is 18.6 Å². The average molecular weight is 345 g/mol. The van der Waals surface area contributed by atoms with Crippen LogP contribution in [-0.4, -0.2) is 23.1 Å². The van der Waals surface area contributed by atoms with Gasteiger partial charge in [-0.25, -0.2) is 5.43 Å². The number of non-ortho nitro benzene ring substituents is 1. The molecule has 2 aliphatic rings. The van der Waals surface area contributed by atoms with Gasteiger partial charge in [-0.1, -0.05) is 20.8 Å². The normalized spacial score (nSPS) is 28.1. The quantitative estimate of drug-likeness (QED) is 0.654. The van der Waals surface area contributed by atoms with Crippen LogP contribution in [0, 0.1) is 26.9 Å². The SMILES string of the molecule is CC12CCC(C/C1=N\NC(=O)COc1ccc([N+](=O)[O-])cc1)C2(C)C. The number of benzene rings is 1. The monoisotopic (exact) mass is 345 g/mol. The van der Waals surface area contributed by atoms with E-state index in [0.29, 0.717) is 11.7 Å². The number of nitrogens with zero attached hydrogens (tertiary/aromatic N) is 2. The zero-order valence-electron chi connectivity index (χ0n) is 14.7. The molecule has 2 aliphatic carbocycles. The second-order valence-electron chi connectivity index (χ2n) is 7.63. The summed E-state index contributed by atoms with van der Waals surface area (Å²) in [5, 5.41) is 15.0. The third-order valence-electron chi connectivity index (χ3n) is 6.25. The van der Waals surface area contributed by atoms with Gasteiger partial charge in [0.15, 0.2) is 6.61 Å². The van der Waals surface area contributed by atoms with E-state index >= 15 is 0 Å². The summed E-state index contributed by atoms with van der Waals surface area (Å²) in [5.41, 5.74) is 3.90. The van der Waals surface area contributed by atoms with Crippen LogP contribution in [0.25, 0.3) is 0 Å². The number of hydrogen-bond donors (Lipinski definition) is 1. The predicted octanol–water partition coefficient (Wildman–Crippen LogP) is 3.29.